The molecule has 0 amide bonds. The molecule has 0 aliphatic heterocycles. The molecule has 12 heavy (non-hydrogen) atoms. The van der Waals surface area contributed by atoms with Gasteiger partial charge in [-0.1, -0.05) is 40.0 Å². The van der Waals surface area contributed by atoms with Gasteiger partial charge in [0, 0.05) is 6.21 Å². The SMILES string of the molecule is CC(C)CCC[C@H](C)C/C=N\O. The van der Waals surface area contributed by atoms with Gasteiger partial charge in [0.05, 0.1) is 0 Å². The summed E-state index contributed by atoms with van der Waals surface area (Å²) in [5.74, 6) is 1.46. The van der Waals surface area contributed by atoms with Crippen LogP contribution in [0.1, 0.15) is 46.5 Å². The molecule has 0 rings (SSSR count). The molecular formula is C10H21NO. The molecule has 0 saturated carbocycles. The fourth-order valence-corrected chi connectivity index (χ4v) is 1.22. The zero-order valence-electron chi connectivity index (χ0n) is 8.45. The minimum absolute atomic E-state index is 0.652. The first-order valence-corrected chi connectivity index (χ1v) is 4.82. The van der Waals surface area contributed by atoms with Crippen LogP contribution in [0.2, 0.25) is 0 Å². The minimum Gasteiger partial charge on any atom is -0.411 e. The largest absolute Gasteiger partial charge is 0.411 e. The molecule has 1 atom stereocenters. The van der Waals surface area contributed by atoms with Gasteiger partial charge in [0.15, 0.2) is 0 Å². The first-order valence-electron chi connectivity index (χ1n) is 4.82. The van der Waals surface area contributed by atoms with Crippen molar-refractivity contribution in [2.24, 2.45) is 17.0 Å². The Balaban J connectivity index is 3.25. The molecule has 0 heterocycles. The molecule has 0 radical (unpaired) electrons. The zero-order valence-corrected chi connectivity index (χ0v) is 8.45. The third-order valence-electron chi connectivity index (χ3n) is 2.07. The van der Waals surface area contributed by atoms with E-state index < -0.39 is 0 Å². The van der Waals surface area contributed by atoms with Gasteiger partial charge in [-0.3, -0.25) is 0 Å². The highest BCUT2D eigenvalue weighted by Gasteiger charge is 2.01. The predicted octanol–water partition coefficient (Wildman–Crippen LogP) is 3.30. The van der Waals surface area contributed by atoms with Crippen molar-refractivity contribution in [3.8, 4) is 0 Å². The van der Waals surface area contributed by atoms with Crippen molar-refractivity contribution in [2.75, 3.05) is 0 Å². The van der Waals surface area contributed by atoms with E-state index in [0.717, 1.165) is 12.3 Å². The van der Waals surface area contributed by atoms with Crippen LogP contribution in [0.25, 0.3) is 0 Å². The van der Waals surface area contributed by atoms with Gasteiger partial charge in [-0.05, 0) is 18.3 Å². The van der Waals surface area contributed by atoms with Crippen LogP contribution in [0.5, 0.6) is 0 Å². The third-order valence-corrected chi connectivity index (χ3v) is 2.07. The van der Waals surface area contributed by atoms with Gasteiger partial charge in [-0.2, -0.15) is 0 Å². The summed E-state index contributed by atoms with van der Waals surface area (Å²) in [5.41, 5.74) is 0. The van der Waals surface area contributed by atoms with Crippen molar-refractivity contribution in [1.29, 1.82) is 0 Å². The van der Waals surface area contributed by atoms with Crippen LogP contribution in [-0.4, -0.2) is 11.4 Å². The minimum atomic E-state index is 0.652. The Morgan fingerprint density at radius 2 is 1.92 bits per heavy atom. The van der Waals surface area contributed by atoms with E-state index in [1.165, 1.54) is 19.3 Å². The van der Waals surface area contributed by atoms with Crippen LogP contribution in [0.15, 0.2) is 5.16 Å². The van der Waals surface area contributed by atoms with E-state index in [1.54, 1.807) is 6.21 Å². The monoisotopic (exact) mass is 171 g/mol. The molecule has 0 aromatic carbocycles. The van der Waals surface area contributed by atoms with Crippen LogP contribution < -0.4 is 0 Å². The summed E-state index contributed by atoms with van der Waals surface area (Å²) >= 11 is 0. The van der Waals surface area contributed by atoms with Crippen LogP contribution in [0.3, 0.4) is 0 Å². The van der Waals surface area contributed by atoms with Crippen molar-refractivity contribution < 1.29 is 5.21 Å². The molecule has 0 saturated heterocycles. The van der Waals surface area contributed by atoms with Gasteiger partial charge in [0.1, 0.15) is 0 Å². The Labute approximate surface area is 75.7 Å². The normalized spacial score (nSPS) is 14.3. The van der Waals surface area contributed by atoms with E-state index in [0.29, 0.717) is 5.92 Å². The number of hydrogen-bond acceptors (Lipinski definition) is 2. The zero-order chi connectivity index (χ0) is 9.40. The smallest absolute Gasteiger partial charge is 0.0438 e. The lowest BCUT2D eigenvalue weighted by atomic mass is 9.98. The van der Waals surface area contributed by atoms with E-state index in [9.17, 15) is 0 Å². The molecule has 0 aliphatic rings. The van der Waals surface area contributed by atoms with Gasteiger partial charge >= 0.3 is 0 Å². The highest BCUT2D eigenvalue weighted by atomic mass is 16.4. The van der Waals surface area contributed by atoms with E-state index >= 15 is 0 Å². The Morgan fingerprint density at radius 1 is 1.25 bits per heavy atom. The molecule has 1 N–H and O–H groups in total. The lowest BCUT2D eigenvalue weighted by Gasteiger charge is -2.08. The third kappa shape index (κ3) is 7.58. The molecule has 2 nitrogen and oxygen atoms in total. The van der Waals surface area contributed by atoms with Crippen molar-refractivity contribution in [2.45, 2.75) is 46.5 Å². The summed E-state index contributed by atoms with van der Waals surface area (Å²) in [6.07, 6.45) is 6.32. The number of nitrogens with zero attached hydrogens (tertiary/aromatic N) is 1. The maximum atomic E-state index is 8.20. The van der Waals surface area contributed by atoms with Gasteiger partial charge in [0.25, 0.3) is 0 Å². The summed E-state index contributed by atoms with van der Waals surface area (Å²) in [6, 6.07) is 0. The molecule has 0 aromatic heterocycles. The van der Waals surface area contributed by atoms with Gasteiger partial charge in [0.2, 0.25) is 0 Å². The summed E-state index contributed by atoms with van der Waals surface area (Å²) in [6.45, 7) is 6.70. The Bertz CT molecular complexity index is 121. The standard InChI is InChI=1S/C10H21NO/c1-9(2)5-4-6-10(3)7-8-11-12/h8-10,12H,4-7H2,1-3H3/b11-8-/t10-/m0/s1. The number of rotatable bonds is 6. The fourth-order valence-electron chi connectivity index (χ4n) is 1.22. The Morgan fingerprint density at radius 3 is 2.42 bits per heavy atom. The molecule has 0 aliphatic carbocycles. The average Bonchev–Trinajstić information content (AvgIpc) is 2.00. The first kappa shape index (κ1) is 11.5. The second kappa shape index (κ2) is 7.14. The highest BCUT2D eigenvalue weighted by molar-refractivity contribution is 5.56. The highest BCUT2D eigenvalue weighted by Crippen LogP contribution is 2.13. The maximum absolute atomic E-state index is 8.20. The molecule has 0 unspecified atom stereocenters. The van der Waals surface area contributed by atoms with E-state index in [4.69, 9.17) is 5.21 Å². The van der Waals surface area contributed by atoms with E-state index in [1.807, 2.05) is 0 Å². The topological polar surface area (TPSA) is 32.6 Å². The summed E-state index contributed by atoms with van der Waals surface area (Å²) < 4.78 is 0. The molecule has 2 heteroatoms. The molecule has 0 spiro atoms. The van der Waals surface area contributed by atoms with Crippen molar-refractivity contribution in [1.82, 2.24) is 0 Å². The summed E-state index contributed by atoms with van der Waals surface area (Å²) in [5, 5.41) is 11.2. The predicted molar refractivity (Wildman–Crippen MR) is 52.7 cm³/mol. The quantitative estimate of drug-likeness (QED) is 0.371. The Kier molecular flexibility index (Phi) is 6.82. The molecule has 0 aromatic rings. The second-order valence-corrected chi connectivity index (χ2v) is 3.96. The van der Waals surface area contributed by atoms with Gasteiger partial charge in [-0.15, -0.1) is 5.16 Å². The van der Waals surface area contributed by atoms with E-state index in [2.05, 4.69) is 25.9 Å². The van der Waals surface area contributed by atoms with Gasteiger partial charge < -0.3 is 5.21 Å². The average molecular weight is 171 g/mol. The van der Waals surface area contributed by atoms with Crippen LogP contribution in [0.4, 0.5) is 0 Å². The van der Waals surface area contributed by atoms with E-state index in [-0.39, 0.29) is 0 Å². The fraction of sp³-hybridized carbons (Fsp3) is 0.900. The first-order chi connectivity index (χ1) is 5.66. The summed E-state index contributed by atoms with van der Waals surface area (Å²) in [4.78, 5) is 0. The van der Waals surface area contributed by atoms with Crippen LogP contribution in [-0.2, 0) is 0 Å². The summed E-state index contributed by atoms with van der Waals surface area (Å²) in [7, 11) is 0. The molecular weight excluding hydrogens is 150 g/mol. The lowest BCUT2D eigenvalue weighted by Crippen LogP contribution is -1.97. The number of oxime groups is 1. The van der Waals surface area contributed by atoms with Crippen molar-refractivity contribution in [3.05, 3.63) is 0 Å². The second-order valence-electron chi connectivity index (χ2n) is 3.96. The van der Waals surface area contributed by atoms with Crippen LogP contribution in [0, 0.1) is 11.8 Å². The van der Waals surface area contributed by atoms with Crippen molar-refractivity contribution in [3.63, 3.8) is 0 Å². The van der Waals surface area contributed by atoms with Crippen molar-refractivity contribution >= 4 is 6.21 Å². The lowest BCUT2D eigenvalue weighted by molar-refractivity contribution is 0.319. The Hall–Kier alpha value is -0.530. The van der Waals surface area contributed by atoms with Crippen LogP contribution >= 0.6 is 0 Å². The molecule has 0 bridgehead atoms. The molecule has 72 valence electrons. The maximum Gasteiger partial charge on any atom is 0.0438 e. The molecule has 0 fully saturated rings. The number of hydrogen-bond donors (Lipinski definition) is 1. The van der Waals surface area contributed by atoms with Gasteiger partial charge in [-0.25, -0.2) is 0 Å².